The van der Waals surface area contributed by atoms with Gasteiger partial charge in [0.15, 0.2) is 0 Å². The van der Waals surface area contributed by atoms with Crippen LogP contribution in [0.4, 0.5) is 5.82 Å². The topological polar surface area (TPSA) is 94.2 Å². The third kappa shape index (κ3) is 2.63. The maximum Gasteiger partial charge on any atom is 0.262 e. The van der Waals surface area contributed by atoms with E-state index in [0.29, 0.717) is 5.69 Å². The second-order valence-electron chi connectivity index (χ2n) is 5.12. The molecule has 0 atom stereocenters. The van der Waals surface area contributed by atoms with Crippen molar-refractivity contribution < 1.29 is 9.59 Å². The number of nitrogens with zero attached hydrogens (tertiary/aromatic N) is 1. The molecule has 1 aliphatic rings. The van der Waals surface area contributed by atoms with E-state index in [2.05, 4.69) is 12.2 Å². The summed E-state index contributed by atoms with van der Waals surface area (Å²) in [5.41, 5.74) is 6.18. The number of pyridine rings is 1. The van der Waals surface area contributed by atoms with Crippen molar-refractivity contribution in [1.29, 1.82) is 0 Å². The van der Waals surface area contributed by atoms with Gasteiger partial charge in [-0.2, -0.15) is 0 Å². The summed E-state index contributed by atoms with van der Waals surface area (Å²) in [6.45, 7) is 2.11. The molecule has 7 heteroatoms. The molecule has 0 saturated carbocycles. The lowest BCUT2D eigenvalue weighted by Gasteiger charge is -2.12. The summed E-state index contributed by atoms with van der Waals surface area (Å²) in [4.78, 5) is 36.9. The van der Waals surface area contributed by atoms with Crippen LogP contribution in [-0.2, 0) is 0 Å². The first-order valence-corrected chi connectivity index (χ1v) is 8.16. The molecule has 2 amide bonds. The molecule has 6 nitrogen and oxygen atoms in total. The predicted molar refractivity (Wildman–Crippen MR) is 89.3 cm³/mol. The molecule has 2 heterocycles. The molecule has 3 rings (SSSR count). The molecule has 118 valence electrons. The molecular formula is C16H15N3O3S. The highest BCUT2D eigenvalue weighted by molar-refractivity contribution is 7.99. The fourth-order valence-corrected chi connectivity index (χ4v) is 3.23. The number of carbonyl (C=O) groups excluding carboxylic acids is 2. The molecule has 1 aliphatic heterocycles. The number of hydrogen-bond donors (Lipinski definition) is 2. The Bertz CT molecular complexity index is 856. The molecule has 1 aromatic carbocycles. The highest BCUT2D eigenvalue weighted by atomic mass is 32.2. The van der Waals surface area contributed by atoms with Crippen LogP contribution < -0.4 is 16.6 Å². The van der Waals surface area contributed by atoms with Gasteiger partial charge >= 0.3 is 0 Å². The van der Waals surface area contributed by atoms with Crippen LogP contribution >= 0.6 is 11.8 Å². The van der Waals surface area contributed by atoms with Gasteiger partial charge in [-0.1, -0.05) is 6.92 Å². The SMILES string of the molecule is CCCSc1ccc(-n2c(N)c3c(cc2=O)C(=O)NC3=O)cc1. The van der Waals surface area contributed by atoms with Crippen molar-refractivity contribution in [3.05, 3.63) is 51.8 Å². The molecule has 23 heavy (non-hydrogen) atoms. The second kappa shape index (κ2) is 5.92. The molecule has 0 unspecified atom stereocenters. The van der Waals surface area contributed by atoms with Crippen molar-refractivity contribution in [2.45, 2.75) is 18.2 Å². The zero-order chi connectivity index (χ0) is 16.6. The number of anilines is 1. The summed E-state index contributed by atoms with van der Waals surface area (Å²) in [5.74, 6) is -0.175. The van der Waals surface area contributed by atoms with Gasteiger partial charge in [0, 0.05) is 11.0 Å². The fraction of sp³-hybridized carbons (Fsp3) is 0.188. The summed E-state index contributed by atoms with van der Waals surface area (Å²) >= 11 is 1.73. The zero-order valence-corrected chi connectivity index (χ0v) is 13.3. The number of amides is 2. The van der Waals surface area contributed by atoms with Gasteiger partial charge in [-0.3, -0.25) is 24.3 Å². The van der Waals surface area contributed by atoms with Gasteiger partial charge in [-0.25, -0.2) is 0 Å². The number of carbonyl (C=O) groups is 2. The number of nitrogens with one attached hydrogen (secondary N) is 1. The Balaban J connectivity index is 2.07. The number of hydrogen-bond acceptors (Lipinski definition) is 5. The number of nitrogen functional groups attached to an aromatic ring is 1. The predicted octanol–water partition coefficient (Wildman–Crippen LogP) is 1.81. The Kier molecular flexibility index (Phi) is 3.96. The standard InChI is InChI=1S/C16H15N3O3S/c1-2-7-23-10-5-3-9(4-6-10)19-12(20)8-11-13(14(19)17)16(22)18-15(11)21/h3-6,8H,2,7,17H2,1H3,(H,18,21,22). The Morgan fingerprint density at radius 2 is 1.83 bits per heavy atom. The molecule has 0 bridgehead atoms. The fourth-order valence-electron chi connectivity index (χ4n) is 2.46. The number of rotatable bonds is 4. The van der Waals surface area contributed by atoms with E-state index in [9.17, 15) is 14.4 Å². The van der Waals surface area contributed by atoms with Gasteiger partial charge in [0.2, 0.25) is 0 Å². The van der Waals surface area contributed by atoms with Crippen LogP contribution in [0.1, 0.15) is 34.1 Å². The number of aromatic nitrogens is 1. The minimum atomic E-state index is -0.590. The first-order valence-electron chi connectivity index (χ1n) is 7.17. The smallest absolute Gasteiger partial charge is 0.262 e. The molecule has 0 radical (unpaired) electrons. The Labute approximate surface area is 136 Å². The summed E-state index contributed by atoms with van der Waals surface area (Å²) in [6, 6.07) is 8.50. The minimum absolute atomic E-state index is 0.0233. The number of benzene rings is 1. The van der Waals surface area contributed by atoms with E-state index in [-0.39, 0.29) is 16.9 Å². The average Bonchev–Trinajstić information content (AvgIpc) is 2.81. The molecular weight excluding hydrogens is 314 g/mol. The van der Waals surface area contributed by atoms with Gasteiger partial charge in [-0.05, 0) is 36.4 Å². The maximum absolute atomic E-state index is 12.3. The van der Waals surface area contributed by atoms with Crippen molar-refractivity contribution in [3.8, 4) is 5.69 Å². The number of nitrogens with two attached hydrogens (primary N) is 1. The molecule has 0 fully saturated rings. The third-order valence-corrected chi connectivity index (χ3v) is 4.74. The van der Waals surface area contributed by atoms with E-state index < -0.39 is 17.4 Å². The number of thioether (sulfide) groups is 1. The zero-order valence-electron chi connectivity index (χ0n) is 12.5. The summed E-state index contributed by atoms with van der Waals surface area (Å²) < 4.78 is 1.24. The van der Waals surface area contributed by atoms with E-state index in [1.165, 1.54) is 4.57 Å². The van der Waals surface area contributed by atoms with Crippen molar-refractivity contribution in [2.75, 3.05) is 11.5 Å². The van der Waals surface area contributed by atoms with Gasteiger partial charge in [0.1, 0.15) is 5.82 Å². The summed E-state index contributed by atoms with van der Waals surface area (Å²) in [6.07, 6.45) is 1.08. The van der Waals surface area contributed by atoms with Gasteiger partial charge < -0.3 is 5.73 Å². The summed E-state index contributed by atoms with van der Waals surface area (Å²) in [7, 11) is 0. The van der Waals surface area contributed by atoms with Gasteiger partial charge in [0.25, 0.3) is 17.4 Å². The lowest BCUT2D eigenvalue weighted by atomic mass is 10.1. The summed E-state index contributed by atoms with van der Waals surface area (Å²) in [5, 5.41) is 2.15. The van der Waals surface area contributed by atoms with Crippen LogP contribution in [0.3, 0.4) is 0 Å². The van der Waals surface area contributed by atoms with Crippen LogP contribution in [0.5, 0.6) is 0 Å². The number of fused-ring (bicyclic) bond motifs is 1. The highest BCUT2D eigenvalue weighted by Crippen LogP contribution is 2.24. The van der Waals surface area contributed by atoms with E-state index in [4.69, 9.17) is 5.73 Å². The quantitative estimate of drug-likeness (QED) is 0.659. The van der Waals surface area contributed by atoms with Crippen LogP contribution in [0.2, 0.25) is 0 Å². The van der Waals surface area contributed by atoms with Crippen molar-refractivity contribution in [1.82, 2.24) is 9.88 Å². The first-order chi connectivity index (χ1) is 11.0. The highest BCUT2D eigenvalue weighted by Gasteiger charge is 2.31. The lowest BCUT2D eigenvalue weighted by molar-refractivity contribution is 0.0880. The Hall–Kier alpha value is -2.54. The van der Waals surface area contributed by atoms with Crippen LogP contribution in [0.15, 0.2) is 40.0 Å². The van der Waals surface area contributed by atoms with Crippen LogP contribution in [0, 0.1) is 0 Å². The third-order valence-electron chi connectivity index (χ3n) is 3.52. The number of imide groups is 1. The van der Waals surface area contributed by atoms with E-state index in [0.717, 1.165) is 23.1 Å². The molecule has 3 N–H and O–H groups in total. The Morgan fingerprint density at radius 1 is 1.13 bits per heavy atom. The van der Waals surface area contributed by atoms with E-state index in [1.54, 1.807) is 23.9 Å². The van der Waals surface area contributed by atoms with Gasteiger partial charge in [0.05, 0.1) is 16.8 Å². The monoisotopic (exact) mass is 329 g/mol. The van der Waals surface area contributed by atoms with Crippen molar-refractivity contribution in [3.63, 3.8) is 0 Å². The lowest BCUT2D eigenvalue weighted by Crippen LogP contribution is -2.24. The van der Waals surface area contributed by atoms with Gasteiger partial charge in [-0.15, -0.1) is 11.8 Å². The molecule has 1 aromatic heterocycles. The largest absolute Gasteiger partial charge is 0.384 e. The first kappa shape index (κ1) is 15.4. The minimum Gasteiger partial charge on any atom is -0.384 e. The average molecular weight is 329 g/mol. The second-order valence-corrected chi connectivity index (χ2v) is 6.29. The van der Waals surface area contributed by atoms with Crippen molar-refractivity contribution >= 4 is 29.4 Å². The van der Waals surface area contributed by atoms with Crippen LogP contribution in [0.25, 0.3) is 5.69 Å². The molecule has 2 aromatic rings. The molecule has 0 aliphatic carbocycles. The van der Waals surface area contributed by atoms with E-state index in [1.807, 2.05) is 12.1 Å². The van der Waals surface area contributed by atoms with E-state index >= 15 is 0 Å². The van der Waals surface area contributed by atoms with Crippen LogP contribution in [-0.4, -0.2) is 22.1 Å². The molecule has 0 spiro atoms. The normalized spacial score (nSPS) is 13.1. The maximum atomic E-state index is 12.3. The molecule has 0 saturated heterocycles. The van der Waals surface area contributed by atoms with Crippen molar-refractivity contribution in [2.24, 2.45) is 0 Å². The Morgan fingerprint density at radius 3 is 2.48 bits per heavy atom.